The number of hydrogen-bond acceptors (Lipinski definition) is 6. The normalized spacial score (nSPS) is 10.6. The van der Waals surface area contributed by atoms with Gasteiger partial charge < -0.3 is 14.5 Å². The average Bonchev–Trinajstić information content (AvgIpc) is 3.21. The van der Waals surface area contributed by atoms with Crippen molar-refractivity contribution in [2.45, 2.75) is 19.8 Å². The zero-order valence-corrected chi connectivity index (χ0v) is 12.3. The molecular formula is C15H15N5O3. The van der Waals surface area contributed by atoms with E-state index in [2.05, 4.69) is 20.8 Å². The van der Waals surface area contributed by atoms with Crippen LogP contribution in [0.25, 0.3) is 0 Å². The van der Waals surface area contributed by atoms with Gasteiger partial charge in [0.15, 0.2) is 0 Å². The molecule has 0 aliphatic rings. The summed E-state index contributed by atoms with van der Waals surface area (Å²) < 4.78 is 12.1. The largest absolute Gasteiger partial charge is 0.467 e. The summed E-state index contributed by atoms with van der Waals surface area (Å²) in [5.41, 5.74) is 1.65. The fourth-order valence-electron chi connectivity index (χ4n) is 2.00. The highest BCUT2D eigenvalue weighted by Crippen LogP contribution is 2.13. The van der Waals surface area contributed by atoms with E-state index >= 15 is 0 Å². The van der Waals surface area contributed by atoms with E-state index < -0.39 is 0 Å². The summed E-state index contributed by atoms with van der Waals surface area (Å²) in [4.78, 5) is 11.9. The van der Waals surface area contributed by atoms with Crippen molar-refractivity contribution >= 4 is 11.6 Å². The van der Waals surface area contributed by atoms with Crippen LogP contribution in [0.1, 0.15) is 11.3 Å². The molecule has 8 heteroatoms. The Kier molecular flexibility index (Phi) is 4.75. The molecule has 3 rings (SSSR count). The minimum Gasteiger partial charge on any atom is -0.467 e. The molecule has 118 valence electrons. The van der Waals surface area contributed by atoms with E-state index in [0.717, 1.165) is 11.3 Å². The number of aromatic nitrogens is 4. The second-order valence-corrected chi connectivity index (χ2v) is 4.83. The van der Waals surface area contributed by atoms with Crippen molar-refractivity contribution in [2.24, 2.45) is 0 Å². The van der Waals surface area contributed by atoms with Crippen molar-refractivity contribution in [3.05, 3.63) is 60.3 Å². The van der Waals surface area contributed by atoms with Crippen LogP contribution in [-0.4, -0.2) is 26.1 Å². The third-order valence-electron chi connectivity index (χ3n) is 3.00. The number of amides is 1. The maximum atomic E-state index is 11.9. The molecule has 0 aliphatic heterocycles. The van der Waals surface area contributed by atoms with Gasteiger partial charge in [0.2, 0.25) is 5.91 Å². The molecular weight excluding hydrogens is 298 g/mol. The standard InChI is InChI=1S/C15H15N5O3/c21-15(8-20-11-16-18-19-20)17-13-4-1-3-12(7-13)9-22-10-14-5-2-6-23-14/h1-7,11H,8-10H2,(H,17,21). The van der Waals surface area contributed by atoms with Crippen molar-refractivity contribution in [1.82, 2.24) is 20.2 Å². The molecule has 0 bridgehead atoms. The number of anilines is 1. The number of nitrogens with one attached hydrogen (secondary N) is 1. The second-order valence-electron chi connectivity index (χ2n) is 4.83. The number of rotatable bonds is 7. The van der Waals surface area contributed by atoms with E-state index in [-0.39, 0.29) is 12.5 Å². The van der Waals surface area contributed by atoms with Crippen LogP contribution in [0.2, 0.25) is 0 Å². The van der Waals surface area contributed by atoms with Crippen LogP contribution in [0.4, 0.5) is 5.69 Å². The number of hydrogen-bond donors (Lipinski definition) is 1. The lowest BCUT2D eigenvalue weighted by Crippen LogP contribution is -2.19. The fraction of sp³-hybridized carbons (Fsp3) is 0.200. The highest BCUT2D eigenvalue weighted by atomic mass is 16.5. The van der Waals surface area contributed by atoms with Crippen LogP contribution in [0.3, 0.4) is 0 Å². The van der Waals surface area contributed by atoms with Gasteiger partial charge in [-0.3, -0.25) is 4.79 Å². The number of ether oxygens (including phenoxy) is 1. The van der Waals surface area contributed by atoms with Gasteiger partial charge in [-0.2, -0.15) is 0 Å². The molecule has 0 aliphatic carbocycles. The topological polar surface area (TPSA) is 95.1 Å². The van der Waals surface area contributed by atoms with Crippen LogP contribution < -0.4 is 5.32 Å². The molecule has 0 atom stereocenters. The summed E-state index contributed by atoms with van der Waals surface area (Å²) >= 11 is 0. The Hall–Kier alpha value is -3.00. The maximum absolute atomic E-state index is 11.9. The van der Waals surface area contributed by atoms with E-state index in [4.69, 9.17) is 9.15 Å². The van der Waals surface area contributed by atoms with Crippen molar-refractivity contribution in [3.63, 3.8) is 0 Å². The highest BCUT2D eigenvalue weighted by Gasteiger charge is 2.05. The van der Waals surface area contributed by atoms with Gasteiger partial charge >= 0.3 is 0 Å². The summed E-state index contributed by atoms with van der Waals surface area (Å²) in [6.45, 7) is 0.895. The Morgan fingerprint density at radius 2 is 2.22 bits per heavy atom. The Labute approximate surface area is 132 Å². The minimum atomic E-state index is -0.203. The smallest absolute Gasteiger partial charge is 0.246 e. The molecule has 0 saturated heterocycles. The van der Waals surface area contributed by atoms with Crippen LogP contribution in [0.5, 0.6) is 0 Å². The number of benzene rings is 1. The number of carbonyl (C=O) groups is 1. The summed E-state index contributed by atoms with van der Waals surface area (Å²) in [6.07, 6.45) is 3.00. The first-order valence-corrected chi connectivity index (χ1v) is 6.99. The Morgan fingerprint density at radius 3 is 3.00 bits per heavy atom. The predicted molar refractivity (Wildman–Crippen MR) is 80.1 cm³/mol. The van der Waals surface area contributed by atoms with Gasteiger partial charge in [-0.1, -0.05) is 12.1 Å². The summed E-state index contributed by atoms with van der Waals surface area (Å²) in [7, 11) is 0. The summed E-state index contributed by atoms with van der Waals surface area (Å²) in [6, 6.07) is 11.1. The molecule has 2 heterocycles. The molecule has 1 amide bonds. The third-order valence-corrected chi connectivity index (χ3v) is 3.00. The molecule has 23 heavy (non-hydrogen) atoms. The Bertz CT molecular complexity index is 740. The van der Waals surface area contributed by atoms with Crippen LogP contribution in [0, 0.1) is 0 Å². The monoisotopic (exact) mass is 313 g/mol. The van der Waals surface area contributed by atoms with Crippen molar-refractivity contribution < 1.29 is 13.9 Å². The molecule has 0 spiro atoms. The molecule has 0 radical (unpaired) electrons. The first kappa shape index (κ1) is 14.9. The number of tetrazole rings is 1. The lowest BCUT2D eigenvalue weighted by molar-refractivity contribution is -0.116. The van der Waals surface area contributed by atoms with Gasteiger partial charge in [0.25, 0.3) is 0 Å². The maximum Gasteiger partial charge on any atom is 0.246 e. The fourth-order valence-corrected chi connectivity index (χ4v) is 2.00. The second kappa shape index (κ2) is 7.32. The van der Waals surface area contributed by atoms with Crippen molar-refractivity contribution in [1.29, 1.82) is 0 Å². The van der Waals surface area contributed by atoms with Crippen molar-refractivity contribution in [2.75, 3.05) is 5.32 Å². The average molecular weight is 313 g/mol. The number of nitrogens with zero attached hydrogens (tertiary/aromatic N) is 4. The SMILES string of the molecule is O=C(Cn1cnnn1)Nc1cccc(COCc2ccco2)c1. The van der Waals surface area contributed by atoms with Gasteiger partial charge in [-0.05, 0) is 40.3 Å². The van der Waals surface area contributed by atoms with Crippen LogP contribution in [0.15, 0.2) is 53.4 Å². The van der Waals surface area contributed by atoms with E-state index in [0.29, 0.717) is 18.9 Å². The van der Waals surface area contributed by atoms with Crippen LogP contribution >= 0.6 is 0 Å². The Balaban J connectivity index is 1.51. The van der Waals surface area contributed by atoms with Gasteiger partial charge in [0.05, 0.1) is 12.9 Å². The van der Waals surface area contributed by atoms with E-state index in [1.165, 1.54) is 11.0 Å². The lowest BCUT2D eigenvalue weighted by atomic mass is 10.2. The quantitative estimate of drug-likeness (QED) is 0.712. The van der Waals surface area contributed by atoms with E-state index in [1.807, 2.05) is 36.4 Å². The molecule has 0 saturated carbocycles. The molecule has 3 aromatic rings. The molecule has 2 aromatic heterocycles. The van der Waals surface area contributed by atoms with Gasteiger partial charge in [0.1, 0.15) is 25.2 Å². The molecule has 1 aromatic carbocycles. The van der Waals surface area contributed by atoms with Gasteiger partial charge in [-0.15, -0.1) is 5.10 Å². The lowest BCUT2D eigenvalue weighted by Gasteiger charge is -2.07. The van der Waals surface area contributed by atoms with E-state index in [9.17, 15) is 4.79 Å². The highest BCUT2D eigenvalue weighted by molar-refractivity contribution is 5.90. The minimum absolute atomic E-state index is 0.0617. The van der Waals surface area contributed by atoms with Crippen molar-refractivity contribution in [3.8, 4) is 0 Å². The zero-order valence-electron chi connectivity index (χ0n) is 12.3. The molecule has 0 unspecified atom stereocenters. The van der Waals surface area contributed by atoms with Gasteiger partial charge in [0, 0.05) is 5.69 Å². The number of carbonyl (C=O) groups excluding carboxylic acids is 1. The third kappa shape index (κ3) is 4.48. The predicted octanol–water partition coefficient (Wildman–Crippen LogP) is 1.62. The summed E-state index contributed by atoms with van der Waals surface area (Å²) in [5.74, 6) is 0.571. The Morgan fingerprint density at radius 1 is 1.26 bits per heavy atom. The molecule has 1 N–H and O–H groups in total. The van der Waals surface area contributed by atoms with Crippen LogP contribution in [-0.2, 0) is 29.3 Å². The van der Waals surface area contributed by atoms with Gasteiger partial charge in [-0.25, -0.2) is 4.68 Å². The number of furan rings is 1. The summed E-state index contributed by atoms with van der Waals surface area (Å²) in [5, 5.41) is 13.4. The zero-order chi connectivity index (χ0) is 15.9. The van der Waals surface area contributed by atoms with E-state index in [1.54, 1.807) is 6.26 Å². The first-order valence-electron chi connectivity index (χ1n) is 6.99. The molecule has 8 nitrogen and oxygen atoms in total. The first-order chi connectivity index (χ1) is 11.3. The molecule has 0 fully saturated rings.